The lowest BCUT2D eigenvalue weighted by molar-refractivity contribution is 0.0600. The van der Waals surface area contributed by atoms with Crippen LogP contribution in [0, 0.1) is 12.8 Å². The van der Waals surface area contributed by atoms with Crippen molar-refractivity contribution >= 4 is 16.0 Å². The SMILES string of the molecule is COC(=O)c1ccc(C)c(S(=O)(=O)N2CCC(C(C)N)C2)c1. The Balaban J connectivity index is 2.36. The highest BCUT2D eigenvalue weighted by Crippen LogP contribution is 2.28. The number of sulfonamides is 1. The zero-order valence-electron chi connectivity index (χ0n) is 13.1. The predicted octanol–water partition coefficient (Wildman–Crippen LogP) is 1.14. The minimum atomic E-state index is -3.63. The molecular weight excluding hydrogens is 304 g/mol. The molecule has 2 N–H and O–H groups in total. The molecule has 0 aromatic heterocycles. The van der Waals surface area contributed by atoms with Crippen molar-refractivity contribution in [3.8, 4) is 0 Å². The van der Waals surface area contributed by atoms with Gasteiger partial charge in [0, 0.05) is 19.1 Å². The van der Waals surface area contributed by atoms with Crippen LogP contribution in [0.4, 0.5) is 0 Å². The molecule has 122 valence electrons. The van der Waals surface area contributed by atoms with Crippen molar-refractivity contribution in [2.24, 2.45) is 11.7 Å². The molecule has 22 heavy (non-hydrogen) atoms. The van der Waals surface area contributed by atoms with E-state index in [1.807, 2.05) is 6.92 Å². The summed E-state index contributed by atoms with van der Waals surface area (Å²) in [5, 5.41) is 0. The standard InChI is InChI=1S/C15H22N2O4S/c1-10-4-5-12(15(18)21-3)8-14(10)22(19,20)17-7-6-13(9-17)11(2)16/h4-5,8,11,13H,6-7,9,16H2,1-3H3. The molecule has 1 aromatic carbocycles. The van der Waals surface area contributed by atoms with Gasteiger partial charge in [-0.3, -0.25) is 0 Å². The van der Waals surface area contributed by atoms with Gasteiger partial charge >= 0.3 is 5.97 Å². The summed E-state index contributed by atoms with van der Waals surface area (Å²) in [6.45, 7) is 4.48. The molecule has 2 unspecified atom stereocenters. The molecule has 0 aliphatic carbocycles. The quantitative estimate of drug-likeness (QED) is 0.838. The summed E-state index contributed by atoms with van der Waals surface area (Å²) in [6.07, 6.45) is 0.757. The van der Waals surface area contributed by atoms with Gasteiger partial charge in [0.15, 0.2) is 0 Å². The number of hydrogen-bond donors (Lipinski definition) is 1. The topological polar surface area (TPSA) is 89.7 Å². The van der Waals surface area contributed by atoms with Crippen LogP contribution in [0.25, 0.3) is 0 Å². The Kier molecular flexibility index (Phi) is 4.89. The highest BCUT2D eigenvalue weighted by Gasteiger charge is 2.35. The Morgan fingerprint density at radius 3 is 2.68 bits per heavy atom. The van der Waals surface area contributed by atoms with Gasteiger partial charge < -0.3 is 10.5 Å². The minimum Gasteiger partial charge on any atom is -0.465 e. The summed E-state index contributed by atoms with van der Waals surface area (Å²) in [4.78, 5) is 11.8. The molecule has 2 rings (SSSR count). The van der Waals surface area contributed by atoms with Crippen molar-refractivity contribution in [2.75, 3.05) is 20.2 Å². The second-order valence-electron chi connectivity index (χ2n) is 5.74. The lowest BCUT2D eigenvalue weighted by Gasteiger charge is -2.19. The number of rotatable bonds is 4. The molecule has 1 saturated heterocycles. The number of methoxy groups -OCH3 is 1. The number of carbonyl (C=O) groups excluding carboxylic acids is 1. The van der Waals surface area contributed by atoms with Crippen LogP contribution in [0.15, 0.2) is 23.1 Å². The van der Waals surface area contributed by atoms with E-state index >= 15 is 0 Å². The molecule has 0 bridgehead atoms. The summed E-state index contributed by atoms with van der Waals surface area (Å²) in [5.41, 5.74) is 6.71. The third-order valence-corrected chi connectivity index (χ3v) is 6.17. The number of esters is 1. The molecule has 0 amide bonds. The fourth-order valence-corrected chi connectivity index (χ4v) is 4.43. The summed E-state index contributed by atoms with van der Waals surface area (Å²) in [6, 6.07) is 4.53. The average Bonchev–Trinajstić information content (AvgIpc) is 2.97. The number of ether oxygens (including phenoxy) is 1. The Hall–Kier alpha value is -1.44. The number of nitrogens with zero attached hydrogens (tertiary/aromatic N) is 1. The summed E-state index contributed by atoms with van der Waals surface area (Å²) >= 11 is 0. The van der Waals surface area contributed by atoms with Crippen LogP contribution in [-0.4, -0.2) is 44.9 Å². The Bertz CT molecular complexity index is 670. The van der Waals surface area contributed by atoms with E-state index < -0.39 is 16.0 Å². The monoisotopic (exact) mass is 326 g/mol. The lowest BCUT2D eigenvalue weighted by Crippen LogP contribution is -2.33. The smallest absolute Gasteiger partial charge is 0.337 e. The molecule has 6 nitrogen and oxygen atoms in total. The predicted molar refractivity (Wildman–Crippen MR) is 83.0 cm³/mol. The third-order valence-electron chi connectivity index (χ3n) is 4.16. The fraction of sp³-hybridized carbons (Fsp3) is 0.533. The first kappa shape index (κ1) is 16.9. The van der Waals surface area contributed by atoms with Crippen molar-refractivity contribution in [1.82, 2.24) is 4.31 Å². The van der Waals surface area contributed by atoms with Crippen molar-refractivity contribution in [3.63, 3.8) is 0 Å². The van der Waals surface area contributed by atoms with E-state index in [0.29, 0.717) is 18.7 Å². The Morgan fingerprint density at radius 2 is 2.14 bits per heavy atom. The third kappa shape index (κ3) is 3.16. The van der Waals surface area contributed by atoms with Crippen LogP contribution < -0.4 is 5.73 Å². The average molecular weight is 326 g/mol. The molecule has 1 aliphatic rings. The number of benzene rings is 1. The van der Waals surface area contributed by atoms with Crippen LogP contribution in [0.3, 0.4) is 0 Å². The van der Waals surface area contributed by atoms with E-state index in [1.54, 1.807) is 19.1 Å². The van der Waals surface area contributed by atoms with E-state index in [9.17, 15) is 13.2 Å². The van der Waals surface area contributed by atoms with Gasteiger partial charge in [0.05, 0.1) is 17.6 Å². The van der Waals surface area contributed by atoms with E-state index in [2.05, 4.69) is 4.74 Å². The largest absolute Gasteiger partial charge is 0.465 e. The number of aryl methyl sites for hydroxylation is 1. The van der Waals surface area contributed by atoms with Crippen LogP contribution in [0.1, 0.15) is 29.3 Å². The lowest BCUT2D eigenvalue weighted by atomic mass is 10.0. The van der Waals surface area contributed by atoms with Crippen molar-refractivity contribution in [3.05, 3.63) is 29.3 Å². The zero-order valence-corrected chi connectivity index (χ0v) is 13.9. The molecule has 7 heteroatoms. The summed E-state index contributed by atoms with van der Waals surface area (Å²) < 4.78 is 31.7. The molecule has 2 atom stereocenters. The highest BCUT2D eigenvalue weighted by molar-refractivity contribution is 7.89. The van der Waals surface area contributed by atoms with Crippen molar-refractivity contribution in [2.45, 2.75) is 31.2 Å². The normalized spacial score (nSPS) is 20.8. The maximum Gasteiger partial charge on any atom is 0.337 e. The van der Waals surface area contributed by atoms with Gasteiger partial charge in [-0.1, -0.05) is 6.07 Å². The van der Waals surface area contributed by atoms with Gasteiger partial charge in [0.2, 0.25) is 10.0 Å². The molecule has 0 spiro atoms. The van der Waals surface area contributed by atoms with Gasteiger partial charge in [-0.15, -0.1) is 0 Å². The zero-order chi connectivity index (χ0) is 16.5. The van der Waals surface area contributed by atoms with E-state index in [-0.39, 0.29) is 22.4 Å². The van der Waals surface area contributed by atoms with E-state index in [4.69, 9.17) is 5.73 Å². The molecule has 1 heterocycles. The summed E-state index contributed by atoms with van der Waals surface area (Å²) in [7, 11) is -2.36. The van der Waals surface area contributed by atoms with Crippen molar-refractivity contribution < 1.29 is 17.9 Å². The molecule has 1 aromatic rings. The van der Waals surface area contributed by atoms with Crippen molar-refractivity contribution in [1.29, 1.82) is 0 Å². The van der Waals surface area contributed by atoms with Crippen LogP contribution >= 0.6 is 0 Å². The Morgan fingerprint density at radius 1 is 1.45 bits per heavy atom. The van der Waals surface area contributed by atoms with Crippen LogP contribution in [0.2, 0.25) is 0 Å². The molecule has 0 radical (unpaired) electrons. The maximum absolute atomic E-state index is 12.8. The van der Waals surface area contributed by atoms with Gasteiger partial charge in [-0.25, -0.2) is 13.2 Å². The Labute approximate surface area is 131 Å². The molecular formula is C15H22N2O4S. The number of nitrogens with two attached hydrogens (primary N) is 1. The molecule has 1 aliphatic heterocycles. The fourth-order valence-electron chi connectivity index (χ4n) is 2.66. The minimum absolute atomic E-state index is 0.0392. The first-order valence-electron chi connectivity index (χ1n) is 7.22. The van der Waals surface area contributed by atoms with E-state index in [0.717, 1.165) is 6.42 Å². The number of hydrogen-bond acceptors (Lipinski definition) is 5. The van der Waals surface area contributed by atoms with Gasteiger partial charge in [-0.05, 0) is 43.9 Å². The molecule has 1 fully saturated rings. The van der Waals surface area contributed by atoms with Gasteiger partial charge in [-0.2, -0.15) is 4.31 Å². The van der Waals surface area contributed by atoms with Gasteiger partial charge in [0.25, 0.3) is 0 Å². The van der Waals surface area contributed by atoms with E-state index in [1.165, 1.54) is 17.5 Å². The second-order valence-corrected chi connectivity index (χ2v) is 7.65. The second kappa shape index (κ2) is 6.36. The van der Waals surface area contributed by atoms with Gasteiger partial charge in [0.1, 0.15) is 0 Å². The maximum atomic E-state index is 12.8. The first-order chi connectivity index (χ1) is 10.3. The summed E-state index contributed by atoms with van der Waals surface area (Å²) in [5.74, 6) is -0.384. The first-order valence-corrected chi connectivity index (χ1v) is 8.66. The molecule has 0 saturated carbocycles. The van der Waals surface area contributed by atoms with Crippen LogP contribution in [-0.2, 0) is 14.8 Å². The highest BCUT2D eigenvalue weighted by atomic mass is 32.2. The van der Waals surface area contributed by atoms with Crippen LogP contribution in [0.5, 0.6) is 0 Å². The number of carbonyl (C=O) groups is 1.